The lowest BCUT2D eigenvalue weighted by molar-refractivity contribution is -0.742. The SMILES string of the molecule is CC(C)CC1=N[C](N)N=N1.O=[N+]([O-])O. The number of nitrogens with zero attached hydrogens (tertiary/aromatic N) is 4. The monoisotopic (exact) mass is 202 g/mol. The molecule has 0 amide bonds. The molecule has 1 heterocycles. The molecule has 0 aliphatic carbocycles. The van der Waals surface area contributed by atoms with E-state index in [1.54, 1.807) is 0 Å². The molecule has 0 unspecified atom stereocenters. The highest BCUT2D eigenvalue weighted by Crippen LogP contribution is 2.12. The zero-order chi connectivity index (χ0) is 11.1. The first-order valence-electron chi connectivity index (χ1n) is 3.86. The van der Waals surface area contributed by atoms with Gasteiger partial charge in [-0.05, 0) is 5.92 Å². The molecule has 0 aromatic heterocycles. The summed E-state index contributed by atoms with van der Waals surface area (Å²) in [5, 5.41) is 21.0. The fourth-order valence-electron chi connectivity index (χ4n) is 0.738. The highest BCUT2D eigenvalue weighted by Gasteiger charge is 2.11. The van der Waals surface area contributed by atoms with Gasteiger partial charge < -0.3 is 5.21 Å². The van der Waals surface area contributed by atoms with Crippen molar-refractivity contribution in [3.8, 4) is 0 Å². The Bertz CT molecular complexity index is 246. The molecule has 0 aromatic carbocycles. The van der Waals surface area contributed by atoms with Crippen LogP contribution in [-0.4, -0.2) is 16.1 Å². The van der Waals surface area contributed by atoms with E-state index in [1.165, 1.54) is 0 Å². The molecule has 3 N–H and O–H groups in total. The van der Waals surface area contributed by atoms with Crippen LogP contribution in [0.3, 0.4) is 0 Å². The maximum Gasteiger partial charge on any atom is 0.291 e. The molecule has 0 saturated carbocycles. The van der Waals surface area contributed by atoms with Crippen LogP contribution in [-0.2, 0) is 0 Å². The van der Waals surface area contributed by atoms with E-state index in [0.29, 0.717) is 5.92 Å². The van der Waals surface area contributed by atoms with Crippen molar-refractivity contribution in [2.24, 2.45) is 26.9 Å². The second-order valence-electron chi connectivity index (χ2n) is 2.92. The first kappa shape index (κ1) is 12.4. The van der Waals surface area contributed by atoms with Gasteiger partial charge in [0.2, 0.25) is 0 Å². The summed E-state index contributed by atoms with van der Waals surface area (Å²) in [5.74, 6) is 1.30. The Labute approximate surface area is 80.6 Å². The summed E-state index contributed by atoms with van der Waals surface area (Å²) in [5.41, 5.74) is 5.27. The Morgan fingerprint density at radius 3 is 2.36 bits per heavy atom. The molecule has 0 saturated heterocycles. The summed E-state index contributed by atoms with van der Waals surface area (Å²) in [6, 6.07) is 0. The minimum atomic E-state index is -1.50. The molecular formula is C6H12N5O3. The zero-order valence-corrected chi connectivity index (χ0v) is 7.91. The van der Waals surface area contributed by atoms with E-state index < -0.39 is 5.09 Å². The molecule has 1 aliphatic heterocycles. The highest BCUT2D eigenvalue weighted by molar-refractivity contribution is 5.84. The van der Waals surface area contributed by atoms with Crippen LogP contribution in [0.25, 0.3) is 0 Å². The summed E-state index contributed by atoms with van der Waals surface area (Å²) in [4.78, 5) is 12.3. The second-order valence-corrected chi connectivity index (χ2v) is 2.92. The molecule has 0 fully saturated rings. The number of amidine groups is 1. The Balaban J connectivity index is 0.000000364. The predicted molar refractivity (Wildman–Crippen MR) is 48.0 cm³/mol. The van der Waals surface area contributed by atoms with Gasteiger partial charge in [-0.2, -0.15) is 0 Å². The average Bonchev–Trinajstić information content (AvgIpc) is 2.32. The lowest BCUT2D eigenvalue weighted by Crippen LogP contribution is -2.01. The Hall–Kier alpha value is -1.57. The summed E-state index contributed by atoms with van der Waals surface area (Å²) in [6.07, 6.45) is 1.13. The molecule has 8 heteroatoms. The topological polar surface area (TPSA) is 126 Å². The van der Waals surface area contributed by atoms with Crippen LogP contribution >= 0.6 is 0 Å². The standard InChI is InChI=1S/C6H11N4.HNO3/c1-4(2)3-5-8-6(7)10-9-5;2-1(3)4/h4H,3,7H2,1-2H3;(H,2,3,4). The van der Waals surface area contributed by atoms with Gasteiger partial charge in [0.15, 0.2) is 0 Å². The third-order valence-electron chi connectivity index (χ3n) is 1.10. The summed E-state index contributed by atoms with van der Waals surface area (Å²) in [6.45, 7) is 4.21. The second kappa shape index (κ2) is 5.97. The molecule has 79 valence electrons. The van der Waals surface area contributed by atoms with Gasteiger partial charge in [-0.15, -0.1) is 20.3 Å². The van der Waals surface area contributed by atoms with Gasteiger partial charge in [-0.3, -0.25) is 5.73 Å². The van der Waals surface area contributed by atoms with Crippen LogP contribution in [0.2, 0.25) is 0 Å². The van der Waals surface area contributed by atoms with Gasteiger partial charge in [0, 0.05) is 6.42 Å². The third-order valence-corrected chi connectivity index (χ3v) is 1.10. The fraction of sp³-hybridized carbons (Fsp3) is 0.667. The van der Waals surface area contributed by atoms with Crippen LogP contribution < -0.4 is 5.73 Å². The molecule has 0 atom stereocenters. The van der Waals surface area contributed by atoms with Crippen LogP contribution in [0.1, 0.15) is 20.3 Å². The van der Waals surface area contributed by atoms with Gasteiger partial charge in [0.05, 0.1) is 0 Å². The third kappa shape index (κ3) is 7.10. The van der Waals surface area contributed by atoms with Crippen LogP contribution in [0, 0.1) is 22.3 Å². The van der Waals surface area contributed by atoms with E-state index >= 15 is 0 Å². The molecule has 0 bridgehead atoms. The molecule has 1 aliphatic rings. The smallest absolute Gasteiger partial charge is 0.291 e. The normalized spacial score (nSPS) is 15.0. The zero-order valence-electron chi connectivity index (χ0n) is 7.91. The van der Waals surface area contributed by atoms with E-state index in [-0.39, 0.29) is 6.29 Å². The van der Waals surface area contributed by atoms with Crippen molar-refractivity contribution in [2.75, 3.05) is 0 Å². The largest absolute Gasteiger partial charge is 0.328 e. The molecule has 1 rings (SSSR count). The summed E-state index contributed by atoms with van der Waals surface area (Å²) < 4.78 is 0. The maximum atomic E-state index is 8.36. The van der Waals surface area contributed by atoms with Gasteiger partial charge >= 0.3 is 0 Å². The predicted octanol–water partition coefficient (Wildman–Crippen LogP) is 0.955. The number of hydrogen-bond donors (Lipinski definition) is 2. The minimum absolute atomic E-state index is 0.274. The Morgan fingerprint density at radius 1 is 1.57 bits per heavy atom. The van der Waals surface area contributed by atoms with Gasteiger partial charge in [-0.1, -0.05) is 13.8 Å². The minimum Gasteiger partial charge on any atom is -0.328 e. The molecular weight excluding hydrogens is 190 g/mol. The van der Waals surface area contributed by atoms with Gasteiger partial charge in [-0.25, -0.2) is 4.99 Å². The van der Waals surface area contributed by atoms with Crippen molar-refractivity contribution in [2.45, 2.75) is 20.3 Å². The van der Waals surface area contributed by atoms with Crippen LogP contribution in [0.4, 0.5) is 0 Å². The van der Waals surface area contributed by atoms with Crippen LogP contribution in [0.15, 0.2) is 15.2 Å². The molecule has 1 radical (unpaired) electrons. The first-order chi connectivity index (χ1) is 6.41. The maximum absolute atomic E-state index is 8.36. The van der Waals surface area contributed by atoms with E-state index in [2.05, 4.69) is 29.1 Å². The van der Waals surface area contributed by atoms with Gasteiger partial charge in [0.25, 0.3) is 11.4 Å². The van der Waals surface area contributed by atoms with E-state index in [9.17, 15) is 0 Å². The number of hydrogen-bond acceptors (Lipinski definition) is 6. The quantitative estimate of drug-likeness (QED) is 0.510. The molecule has 0 aromatic rings. The Kier molecular flexibility index (Phi) is 5.30. The van der Waals surface area contributed by atoms with Crippen molar-refractivity contribution in [1.82, 2.24) is 0 Å². The molecule has 8 nitrogen and oxygen atoms in total. The van der Waals surface area contributed by atoms with E-state index in [4.69, 9.17) is 21.1 Å². The van der Waals surface area contributed by atoms with Crippen molar-refractivity contribution >= 4 is 5.84 Å². The number of azo groups is 1. The fourth-order valence-corrected chi connectivity index (χ4v) is 0.738. The lowest BCUT2D eigenvalue weighted by atomic mass is 10.1. The molecule has 0 spiro atoms. The summed E-state index contributed by atoms with van der Waals surface area (Å²) in [7, 11) is 0. The first-order valence-corrected chi connectivity index (χ1v) is 3.86. The summed E-state index contributed by atoms with van der Waals surface area (Å²) >= 11 is 0. The van der Waals surface area contributed by atoms with Crippen molar-refractivity contribution < 1.29 is 10.3 Å². The highest BCUT2D eigenvalue weighted by atomic mass is 16.9. The van der Waals surface area contributed by atoms with E-state index in [1.807, 2.05) is 0 Å². The van der Waals surface area contributed by atoms with Crippen molar-refractivity contribution in [3.63, 3.8) is 0 Å². The Morgan fingerprint density at radius 2 is 2.07 bits per heavy atom. The van der Waals surface area contributed by atoms with E-state index in [0.717, 1.165) is 12.3 Å². The number of nitrogens with two attached hydrogens (primary N) is 1. The van der Waals surface area contributed by atoms with Crippen LogP contribution in [0.5, 0.6) is 0 Å². The van der Waals surface area contributed by atoms with Crippen molar-refractivity contribution in [1.29, 1.82) is 0 Å². The lowest BCUT2D eigenvalue weighted by Gasteiger charge is -1.98. The van der Waals surface area contributed by atoms with Gasteiger partial charge in [0.1, 0.15) is 5.84 Å². The molecule has 14 heavy (non-hydrogen) atoms. The van der Waals surface area contributed by atoms with Crippen molar-refractivity contribution in [3.05, 3.63) is 16.4 Å². The number of aliphatic imine (C=N–C) groups is 1. The average molecular weight is 202 g/mol. The number of rotatable bonds is 2.